The van der Waals surface area contributed by atoms with Gasteiger partial charge in [0, 0.05) is 27.0 Å². The fourth-order valence-corrected chi connectivity index (χ4v) is 4.04. The fraction of sp³-hybridized carbons (Fsp3) is 0.529. The van der Waals surface area contributed by atoms with Gasteiger partial charge in [-0.1, -0.05) is 41.7 Å². The second-order valence-electron chi connectivity index (χ2n) is 6.08. The third-order valence-electron chi connectivity index (χ3n) is 4.15. The van der Waals surface area contributed by atoms with Gasteiger partial charge in [0.2, 0.25) is 5.91 Å². The van der Waals surface area contributed by atoms with Gasteiger partial charge in [-0.2, -0.15) is 0 Å². The monoisotopic (exact) mass is 407 g/mol. The molecule has 0 saturated carbocycles. The zero-order chi connectivity index (χ0) is 18.7. The minimum atomic E-state index is -0.784. The molecule has 0 radical (unpaired) electrons. The number of benzene rings is 1. The van der Waals surface area contributed by atoms with Crippen LogP contribution in [0.4, 0.5) is 4.79 Å². The predicted molar refractivity (Wildman–Crippen MR) is 97.2 cm³/mol. The Morgan fingerprint density at radius 3 is 2.36 bits per heavy atom. The highest BCUT2D eigenvalue weighted by molar-refractivity contribution is 6.39. The average Bonchev–Trinajstić information content (AvgIpc) is 2.77. The summed E-state index contributed by atoms with van der Waals surface area (Å²) in [6, 6.07) is 3.01. The summed E-state index contributed by atoms with van der Waals surface area (Å²) in [5, 5.41) is 1.06. The van der Waals surface area contributed by atoms with Crippen LogP contribution in [0.2, 0.25) is 15.1 Å². The molecular weight excluding hydrogens is 389 g/mol. The van der Waals surface area contributed by atoms with E-state index in [1.807, 2.05) is 13.8 Å². The highest BCUT2D eigenvalue weighted by Gasteiger charge is 2.42. The lowest BCUT2D eigenvalue weighted by molar-refractivity contribution is -0.142. The average molecular weight is 409 g/mol. The van der Waals surface area contributed by atoms with Gasteiger partial charge >= 0.3 is 6.16 Å². The van der Waals surface area contributed by atoms with Gasteiger partial charge in [0.05, 0.1) is 13.0 Å². The molecule has 1 aromatic rings. The van der Waals surface area contributed by atoms with Crippen molar-refractivity contribution >= 4 is 46.9 Å². The lowest BCUT2D eigenvalue weighted by Crippen LogP contribution is -2.44. The van der Waals surface area contributed by atoms with Crippen LogP contribution in [0.15, 0.2) is 12.1 Å². The molecule has 0 aliphatic carbocycles. The summed E-state index contributed by atoms with van der Waals surface area (Å²) in [5.74, 6) is -0.225. The van der Waals surface area contributed by atoms with Crippen molar-refractivity contribution in [2.75, 3.05) is 6.61 Å². The molecule has 8 heteroatoms. The molecule has 0 aromatic heterocycles. The largest absolute Gasteiger partial charge is 0.510 e. The van der Waals surface area contributed by atoms with Crippen molar-refractivity contribution in [1.82, 2.24) is 4.90 Å². The summed E-state index contributed by atoms with van der Waals surface area (Å²) >= 11 is 18.2. The van der Waals surface area contributed by atoms with Crippen molar-refractivity contribution in [2.45, 2.75) is 45.9 Å². The molecule has 0 spiro atoms. The molecule has 0 bridgehead atoms. The van der Waals surface area contributed by atoms with Crippen LogP contribution < -0.4 is 0 Å². The van der Waals surface area contributed by atoms with E-state index in [9.17, 15) is 9.59 Å². The molecule has 2 rings (SSSR count). The van der Waals surface area contributed by atoms with Crippen LogP contribution in [0.25, 0.3) is 0 Å². The van der Waals surface area contributed by atoms with Crippen LogP contribution in [0.3, 0.4) is 0 Å². The van der Waals surface area contributed by atoms with Crippen LogP contribution in [-0.4, -0.2) is 35.8 Å². The molecule has 1 amide bonds. The van der Waals surface area contributed by atoms with Gasteiger partial charge in [-0.3, -0.25) is 4.79 Å². The predicted octanol–water partition coefficient (Wildman–Crippen LogP) is 4.95. The first-order valence-corrected chi connectivity index (χ1v) is 9.16. The number of rotatable bonds is 4. The first-order chi connectivity index (χ1) is 11.7. The normalized spacial score (nSPS) is 22.8. The third kappa shape index (κ3) is 4.72. The Bertz CT molecular complexity index is 644. The Kier molecular flexibility index (Phi) is 6.83. The van der Waals surface area contributed by atoms with Crippen molar-refractivity contribution in [3.63, 3.8) is 0 Å². The molecule has 0 N–H and O–H groups in total. The Labute approximate surface area is 162 Å². The quantitative estimate of drug-likeness (QED) is 0.662. The maximum absolute atomic E-state index is 12.9. The van der Waals surface area contributed by atoms with Crippen molar-refractivity contribution in [3.05, 3.63) is 32.8 Å². The standard InChI is InChI=1S/C17H20Cl3NO4/c1-4-24-17(23)25-16-9(2)5-10(3)21(16)15(22)8-12-13(19)6-11(18)7-14(12)20/h6-7,9-10,16H,4-5,8H2,1-3H3. The number of ether oxygens (including phenoxy) is 2. The van der Waals surface area contributed by atoms with Crippen LogP contribution in [0.5, 0.6) is 0 Å². The van der Waals surface area contributed by atoms with Gasteiger partial charge in [-0.25, -0.2) is 4.79 Å². The number of halogens is 3. The summed E-state index contributed by atoms with van der Waals surface area (Å²) in [6.07, 6.45) is -0.743. The smallest absolute Gasteiger partial charge is 0.435 e. The minimum Gasteiger partial charge on any atom is -0.435 e. The Morgan fingerprint density at radius 1 is 1.20 bits per heavy atom. The Hall–Kier alpha value is -1.17. The van der Waals surface area contributed by atoms with E-state index in [-0.39, 0.29) is 30.9 Å². The van der Waals surface area contributed by atoms with Crippen LogP contribution in [-0.2, 0) is 20.7 Å². The number of nitrogens with zero attached hydrogens (tertiary/aromatic N) is 1. The van der Waals surface area contributed by atoms with Crippen LogP contribution in [0, 0.1) is 5.92 Å². The van der Waals surface area contributed by atoms with Crippen molar-refractivity contribution in [2.24, 2.45) is 5.92 Å². The minimum absolute atomic E-state index is 0.000446. The van der Waals surface area contributed by atoms with Gasteiger partial charge in [0.15, 0.2) is 6.23 Å². The molecule has 3 unspecified atom stereocenters. The number of likely N-dealkylation sites (tertiary alicyclic amines) is 1. The molecule has 1 aliphatic heterocycles. The van der Waals surface area contributed by atoms with E-state index < -0.39 is 12.4 Å². The van der Waals surface area contributed by atoms with Crippen molar-refractivity contribution in [3.8, 4) is 0 Å². The lowest BCUT2D eigenvalue weighted by atomic mass is 10.1. The van der Waals surface area contributed by atoms with Crippen LogP contribution >= 0.6 is 34.8 Å². The SMILES string of the molecule is CCOC(=O)OC1C(C)CC(C)N1C(=O)Cc1c(Cl)cc(Cl)cc1Cl. The topological polar surface area (TPSA) is 55.8 Å². The molecule has 1 fully saturated rings. The van der Waals surface area contributed by atoms with E-state index >= 15 is 0 Å². The second-order valence-corrected chi connectivity index (χ2v) is 7.33. The molecule has 25 heavy (non-hydrogen) atoms. The molecule has 3 atom stereocenters. The Morgan fingerprint density at radius 2 is 1.80 bits per heavy atom. The molecule has 1 aromatic carbocycles. The fourth-order valence-electron chi connectivity index (χ4n) is 3.09. The molecule has 1 saturated heterocycles. The van der Waals surface area contributed by atoms with Gasteiger partial charge in [0.25, 0.3) is 0 Å². The van der Waals surface area contributed by atoms with E-state index in [0.717, 1.165) is 6.42 Å². The number of hydrogen-bond donors (Lipinski definition) is 0. The van der Waals surface area contributed by atoms with Gasteiger partial charge < -0.3 is 14.4 Å². The third-order valence-corrected chi connectivity index (χ3v) is 5.04. The number of carbonyl (C=O) groups is 2. The first-order valence-electron chi connectivity index (χ1n) is 8.02. The number of amides is 1. The van der Waals surface area contributed by atoms with Gasteiger partial charge in [0.1, 0.15) is 0 Å². The summed E-state index contributed by atoms with van der Waals surface area (Å²) in [6.45, 7) is 5.73. The summed E-state index contributed by atoms with van der Waals surface area (Å²) in [4.78, 5) is 26.1. The van der Waals surface area contributed by atoms with Crippen molar-refractivity contribution < 1.29 is 19.1 Å². The van der Waals surface area contributed by atoms with E-state index in [1.165, 1.54) is 0 Å². The van der Waals surface area contributed by atoms with E-state index in [0.29, 0.717) is 20.6 Å². The highest BCUT2D eigenvalue weighted by atomic mass is 35.5. The molecule has 1 aliphatic rings. The summed E-state index contributed by atoms with van der Waals surface area (Å²) in [5.41, 5.74) is 0.499. The van der Waals surface area contributed by atoms with E-state index in [1.54, 1.807) is 24.0 Å². The molecule has 1 heterocycles. The summed E-state index contributed by atoms with van der Waals surface area (Å²) in [7, 11) is 0. The number of hydrogen-bond acceptors (Lipinski definition) is 4. The maximum atomic E-state index is 12.9. The molecular formula is C17H20Cl3NO4. The molecule has 5 nitrogen and oxygen atoms in total. The molecule has 138 valence electrons. The Balaban J connectivity index is 2.19. The highest BCUT2D eigenvalue weighted by Crippen LogP contribution is 2.34. The summed E-state index contributed by atoms with van der Waals surface area (Å²) < 4.78 is 10.2. The maximum Gasteiger partial charge on any atom is 0.510 e. The van der Waals surface area contributed by atoms with Crippen LogP contribution in [0.1, 0.15) is 32.8 Å². The number of carbonyl (C=O) groups excluding carboxylic acids is 2. The zero-order valence-electron chi connectivity index (χ0n) is 14.2. The van der Waals surface area contributed by atoms with E-state index in [2.05, 4.69) is 0 Å². The van der Waals surface area contributed by atoms with Gasteiger partial charge in [-0.05, 0) is 38.0 Å². The first kappa shape index (κ1) is 20.1. The zero-order valence-corrected chi connectivity index (χ0v) is 16.5. The lowest BCUT2D eigenvalue weighted by Gasteiger charge is -2.29. The second kappa shape index (κ2) is 8.47. The van der Waals surface area contributed by atoms with E-state index in [4.69, 9.17) is 44.3 Å². The van der Waals surface area contributed by atoms with Gasteiger partial charge in [-0.15, -0.1) is 0 Å². The van der Waals surface area contributed by atoms with Crippen molar-refractivity contribution in [1.29, 1.82) is 0 Å².